The van der Waals surface area contributed by atoms with Crippen LogP contribution in [0.15, 0.2) is 18.2 Å². The average Bonchev–Trinajstić information content (AvgIpc) is 3.63. The van der Waals surface area contributed by atoms with Gasteiger partial charge in [0.1, 0.15) is 5.56 Å². The summed E-state index contributed by atoms with van der Waals surface area (Å²) in [6, 6.07) is 5.34. The molecule has 0 amide bonds. The number of alkyl halides is 3. The lowest BCUT2D eigenvalue weighted by Gasteiger charge is -2.11. The number of nitrogens with zero attached hydrogens (tertiary/aromatic N) is 2. The lowest BCUT2D eigenvalue weighted by atomic mass is 9.97. The number of nitrogens with one attached hydrogen (secondary N) is 2. The number of carbonyl (C=O) groups is 2. The molecule has 3 aromatic heterocycles. The van der Waals surface area contributed by atoms with Gasteiger partial charge >= 0.3 is 18.1 Å². The number of rotatable bonds is 8. The molecule has 3 aromatic rings. The van der Waals surface area contributed by atoms with Crippen molar-refractivity contribution in [1.29, 1.82) is 0 Å². The number of H-pyrrole nitrogens is 2. The van der Waals surface area contributed by atoms with E-state index < -0.39 is 23.7 Å². The quantitative estimate of drug-likeness (QED) is 0.196. The third kappa shape index (κ3) is 5.86. The molecule has 0 aliphatic carbocycles. The van der Waals surface area contributed by atoms with E-state index in [-0.39, 0.29) is 48.2 Å². The molecule has 0 atom stereocenters. The second kappa shape index (κ2) is 12.3. The highest BCUT2D eigenvalue weighted by Gasteiger charge is 2.39. The minimum absolute atomic E-state index is 0.0404. The number of fused-ring (bicyclic) bond motifs is 8. The molecule has 0 radical (unpaired) electrons. The molecule has 11 heteroatoms. The number of aromatic amines is 2. The van der Waals surface area contributed by atoms with Crippen LogP contribution in [0.1, 0.15) is 104 Å². The lowest BCUT2D eigenvalue weighted by molar-refractivity contribution is -0.137. The molecule has 0 aromatic carbocycles. The van der Waals surface area contributed by atoms with Crippen LogP contribution in [-0.4, -0.2) is 42.1 Å². The fourth-order valence-corrected chi connectivity index (χ4v) is 6.64. The predicted octanol–water partition coefficient (Wildman–Crippen LogP) is 8.67. The minimum atomic E-state index is -4.80. The first kappa shape index (κ1) is 32.7. The zero-order valence-corrected chi connectivity index (χ0v) is 26.7. The fourth-order valence-electron chi connectivity index (χ4n) is 6.64. The number of allylic oxidation sites excluding steroid dienone is 4. The van der Waals surface area contributed by atoms with Crippen LogP contribution in [0.25, 0.3) is 44.4 Å². The smallest absolute Gasteiger partial charge is 0.420 e. The standard InChI is InChI=1S/C35H37F3N4O4/c1-7-20-16(3)24-14-27-21(8-2)18(5)33(41-27)32(35(36,37)38)34-19(6)23(10-12-31(45)46)29(42-34)15-28-22(9-11-30(43)44)17(4)25(40-28)13-26(20)39-24/h13-15,39,41H,7-12H2,1-6H3,(H,43,44)(H,45,46). The third-order valence-corrected chi connectivity index (χ3v) is 9.10. The second-order valence-corrected chi connectivity index (χ2v) is 11.8. The normalized spacial score (nSPS) is 13.6. The first-order valence-electron chi connectivity index (χ1n) is 15.3. The van der Waals surface area contributed by atoms with Crippen LogP contribution in [0, 0.1) is 13.8 Å². The number of carboxylic acid groups (broad SMARTS) is 2. The molecule has 8 bridgehead atoms. The predicted molar refractivity (Wildman–Crippen MR) is 173 cm³/mol. The van der Waals surface area contributed by atoms with Crippen LogP contribution in [0.3, 0.4) is 0 Å². The summed E-state index contributed by atoms with van der Waals surface area (Å²) < 4.78 is 45.4. The molecule has 5 heterocycles. The van der Waals surface area contributed by atoms with Crippen LogP contribution >= 0.6 is 0 Å². The van der Waals surface area contributed by atoms with Gasteiger partial charge in [0.05, 0.1) is 28.3 Å². The van der Waals surface area contributed by atoms with E-state index in [4.69, 9.17) is 4.98 Å². The van der Waals surface area contributed by atoms with Crippen LogP contribution in [-0.2, 0) is 28.6 Å². The first-order chi connectivity index (χ1) is 21.7. The summed E-state index contributed by atoms with van der Waals surface area (Å²) in [6.07, 6.45) is -3.97. The molecule has 242 valence electrons. The molecule has 0 saturated heterocycles. The van der Waals surface area contributed by atoms with Gasteiger partial charge in [-0.3, -0.25) is 9.59 Å². The van der Waals surface area contributed by atoms with E-state index in [0.717, 1.165) is 33.3 Å². The van der Waals surface area contributed by atoms with Crippen molar-refractivity contribution in [2.24, 2.45) is 0 Å². The van der Waals surface area contributed by atoms with Gasteiger partial charge in [0, 0.05) is 29.4 Å². The Bertz CT molecular complexity index is 2010. The topological polar surface area (TPSA) is 132 Å². The van der Waals surface area contributed by atoms with Crippen molar-refractivity contribution >= 4 is 56.3 Å². The summed E-state index contributed by atoms with van der Waals surface area (Å²) in [4.78, 5) is 39.1. The Morgan fingerprint density at radius 3 is 1.83 bits per heavy atom. The zero-order valence-electron chi connectivity index (χ0n) is 26.7. The number of carboxylic acids is 2. The van der Waals surface area contributed by atoms with E-state index in [1.807, 2.05) is 39.8 Å². The van der Waals surface area contributed by atoms with E-state index in [1.54, 1.807) is 13.0 Å². The van der Waals surface area contributed by atoms with Crippen molar-refractivity contribution < 1.29 is 33.0 Å². The fraction of sp³-hybridized carbons (Fsp3) is 0.371. The van der Waals surface area contributed by atoms with Crippen LogP contribution < -0.4 is 0 Å². The number of aryl methyl sites for hydroxylation is 4. The molecular weight excluding hydrogens is 597 g/mol. The number of hydrogen-bond donors (Lipinski definition) is 4. The van der Waals surface area contributed by atoms with Crippen molar-refractivity contribution in [3.8, 4) is 0 Å². The molecule has 0 unspecified atom stereocenters. The summed E-state index contributed by atoms with van der Waals surface area (Å²) in [6.45, 7) is 11.0. The lowest BCUT2D eigenvalue weighted by Crippen LogP contribution is -2.09. The molecule has 8 nitrogen and oxygen atoms in total. The van der Waals surface area contributed by atoms with Gasteiger partial charge in [-0.25, -0.2) is 9.97 Å². The Morgan fingerprint density at radius 1 is 0.717 bits per heavy atom. The van der Waals surface area contributed by atoms with Crippen LogP contribution in [0.5, 0.6) is 0 Å². The third-order valence-electron chi connectivity index (χ3n) is 9.10. The summed E-state index contributed by atoms with van der Waals surface area (Å²) >= 11 is 0. The van der Waals surface area contributed by atoms with Gasteiger partial charge in [-0.1, -0.05) is 13.8 Å². The summed E-state index contributed by atoms with van der Waals surface area (Å²) in [5.74, 6) is -2.08. The highest BCUT2D eigenvalue weighted by Crippen LogP contribution is 2.44. The van der Waals surface area contributed by atoms with E-state index in [0.29, 0.717) is 46.5 Å². The largest absolute Gasteiger partial charge is 0.481 e. The Labute approximate surface area is 264 Å². The first-order valence-corrected chi connectivity index (χ1v) is 15.3. The van der Waals surface area contributed by atoms with Gasteiger partial charge < -0.3 is 20.2 Å². The van der Waals surface area contributed by atoms with Crippen LogP contribution in [0.2, 0.25) is 0 Å². The van der Waals surface area contributed by atoms with Crippen molar-refractivity contribution in [1.82, 2.24) is 19.9 Å². The maximum absolute atomic E-state index is 15.1. The van der Waals surface area contributed by atoms with Crippen molar-refractivity contribution in [3.63, 3.8) is 0 Å². The number of halogens is 3. The highest BCUT2D eigenvalue weighted by atomic mass is 19.4. The number of hydrogen-bond acceptors (Lipinski definition) is 4. The van der Waals surface area contributed by atoms with Gasteiger partial charge in [0.25, 0.3) is 0 Å². The Morgan fingerprint density at radius 2 is 1.26 bits per heavy atom. The summed E-state index contributed by atoms with van der Waals surface area (Å²) in [7, 11) is 0. The van der Waals surface area contributed by atoms with Crippen molar-refractivity contribution in [3.05, 3.63) is 68.8 Å². The van der Waals surface area contributed by atoms with Gasteiger partial charge in [0.2, 0.25) is 0 Å². The van der Waals surface area contributed by atoms with Gasteiger partial charge in [0.15, 0.2) is 0 Å². The Hall–Kier alpha value is -4.67. The molecule has 4 N–H and O–H groups in total. The molecule has 2 aliphatic rings. The summed E-state index contributed by atoms with van der Waals surface area (Å²) in [5.41, 5.74) is 7.26. The van der Waals surface area contributed by atoms with Gasteiger partial charge in [-0.15, -0.1) is 0 Å². The van der Waals surface area contributed by atoms with E-state index in [1.165, 1.54) is 6.92 Å². The number of aliphatic carboxylic acids is 2. The molecule has 0 spiro atoms. The average molecular weight is 635 g/mol. The Balaban J connectivity index is 2.03. The van der Waals surface area contributed by atoms with Crippen LogP contribution in [0.4, 0.5) is 13.2 Å². The molecule has 2 aliphatic heterocycles. The maximum Gasteiger partial charge on any atom is 0.420 e. The van der Waals surface area contributed by atoms with E-state index in [2.05, 4.69) is 15.0 Å². The molecular formula is C35H37F3N4O4. The SMILES string of the molecule is CCc1c(C)c2cc3[nH]c(c(C)c3CC)c(C(F)(F)F)c3nc(cc4nc(cc1[nH]2)C(C)=C4CCC(=O)O)C(CCC(=O)O)=C3C. The van der Waals surface area contributed by atoms with Gasteiger partial charge in [-0.2, -0.15) is 13.2 Å². The summed E-state index contributed by atoms with van der Waals surface area (Å²) in [5, 5.41) is 18.9. The molecule has 46 heavy (non-hydrogen) atoms. The van der Waals surface area contributed by atoms with E-state index >= 15 is 13.2 Å². The van der Waals surface area contributed by atoms with Crippen molar-refractivity contribution in [2.45, 2.75) is 86.2 Å². The molecule has 0 fully saturated rings. The zero-order chi connectivity index (χ0) is 33.7. The molecule has 0 saturated carbocycles. The monoisotopic (exact) mass is 634 g/mol. The second-order valence-electron chi connectivity index (χ2n) is 11.8. The van der Waals surface area contributed by atoms with Crippen molar-refractivity contribution in [2.75, 3.05) is 0 Å². The minimum Gasteiger partial charge on any atom is -0.481 e. The Kier molecular flexibility index (Phi) is 8.72. The van der Waals surface area contributed by atoms with E-state index in [9.17, 15) is 19.8 Å². The van der Waals surface area contributed by atoms with Gasteiger partial charge in [-0.05, 0) is 116 Å². The molecule has 5 rings (SSSR count). The number of aromatic nitrogens is 4. The highest BCUT2D eigenvalue weighted by molar-refractivity contribution is 5.97. The maximum atomic E-state index is 15.1.